The number of rotatable bonds is 4. The molecule has 2 aromatic heterocycles. The number of piperidine rings is 1. The Bertz CT molecular complexity index is 694. The summed E-state index contributed by atoms with van der Waals surface area (Å²) >= 11 is 1.59. The second kappa shape index (κ2) is 6.71. The fourth-order valence-electron chi connectivity index (χ4n) is 3.85. The zero-order valence-corrected chi connectivity index (χ0v) is 15.1. The Labute approximate surface area is 147 Å². The van der Waals surface area contributed by atoms with Crippen LogP contribution < -0.4 is 0 Å². The summed E-state index contributed by atoms with van der Waals surface area (Å²) in [5.74, 6) is 2.83. The lowest BCUT2D eigenvalue weighted by molar-refractivity contribution is 0.0682. The van der Waals surface area contributed by atoms with Gasteiger partial charge in [-0.1, -0.05) is 6.42 Å². The Hall–Kier alpha value is -1.62. The molecule has 1 aliphatic carbocycles. The maximum Gasteiger partial charge on any atom is 0.254 e. The number of imidazole rings is 1. The molecule has 24 heavy (non-hydrogen) atoms. The largest absolute Gasteiger partial charge is 0.339 e. The van der Waals surface area contributed by atoms with Gasteiger partial charge in [0.2, 0.25) is 0 Å². The number of aryl methyl sites for hydroxylation is 1. The molecule has 0 spiro atoms. The SMILES string of the molecule is Cc1cnc(C2CCC2)n1CC1CCN(C(=O)c2ccsc2)CC1. The van der Waals surface area contributed by atoms with Crippen molar-refractivity contribution in [1.29, 1.82) is 0 Å². The van der Waals surface area contributed by atoms with Gasteiger partial charge in [0.15, 0.2) is 0 Å². The van der Waals surface area contributed by atoms with Crippen LogP contribution in [0.1, 0.15) is 59.9 Å². The highest BCUT2D eigenvalue weighted by molar-refractivity contribution is 7.08. The molecule has 2 aliphatic rings. The molecule has 5 heteroatoms. The lowest BCUT2D eigenvalue weighted by atomic mass is 9.84. The van der Waals surface area contributed by atoms with Gasteiger partial charge in [0.05, 0.1) is 5.56 Å². The fraction of sp³-hybridized carbons (Fsp3) is 0.579. The maximum absolute atomic E-state index is 12.4. The van der Waals surface area contributed by atoms with Crippen LogP contribution >= 0.6 is 11.3 Å². The van der Waals surface area contributed by atoms with Crippen molar-refractivity contribution in [2.45, 2.75) is 51.5 Å². The minimum absolute atomic E-state index is 0.198. The molecular formula is C19H25N3OS. The van der Waals surface area contributed by atoms with Crippen molar-refractivity contribution in [3.05, 3.63) is 40.1 Å². The summed E-state index contributed by atoms with van der Waals surface area (Å²) in [6.45, 7) is 5.00. The molecule has 3 heterocycles. The van der Waals surface area contributed by atoms with Gasteiger partial charge in [0, 0.05) is 42.8 Å². The number of carbonyl (C=O) groups excluding carboxylic acids is 1. The topological polar surface area (TPSA) is 38.1 Å². The number of likely N-dealkylation sites (tertiary alicyclic amines) is 1. The van der Waals surface area contributed by atoms with E-state index >= 15 is 0 Å². The lowest BCUT2D eigenvalue weighted by Gasteiger charge is -2.33. The van der Waals surface area contributed by atoms with Crippen molar-refractivity contribution >= 4 is 17.2 Å². The van der Waals surface area contributed by atoms with E-state index in [2.05, 4.69) is 16.5 Å². The zero-order chi connectivity index (χ0) is 16.5. The number of thiophene rings is 1. The van der Waals surface area contributed by atoms with E-state index in [1.807, 2.05) is 27.9 Å². The summed E-state index contributed by atoms with van der Waals surface area (Å²) in [7, 11) is 0. The van der Waals surface area contributed by atoms with Crippen LogP contribution in [0.15, 0.2) is 23.0 Å². The van der Waals surface area contributed by atoms with E-state index < -0.39 is 0 Å². The number of hydrogen-bond acceptors (Lipinski definition) is 3. The molecule has 1 saturated heterocycles. The van der Waals surface area contributed by atoms with Gasteiger partial charge < -0.3 is 9.47 Å². The second-order valence-electron chi connectivity index (χ2n) is 7.24. The number of amides is 1. The van der Waals surface area contributed by atoms with E-state index in [1.165, 1.54) is 30.8 Å². The predicted molar refractivity (Wildman–Crippen MR) is 96.5 cm³/mol. The average Bonchev–Trinajstić information content (AvgIpc) is 3.19. The number of carbonyl (C=O) groups is 1. The van der Waals surface area contributed by atoms with Gasteiger partial charge in [-0.2, -0.15) is 11.3 Å². The molecule has 0 atom stereocenters. The molecule has 4 nitrogen and oxygen atoms in total. The number of aromatic nitrogens is 2. The monoisotopic (exact) mass is 343 g/mol. The third-order valence-corrected chi connectivity index (χ3v) is 6.35. The van der Waals surface area contributed by atoms with Crippen LogP contribution in [0.2, 0.25) is 0 Å². The van der Waals surface area contributed by atoms with Gasteiger partial charge in [-0.15, -0.1) is 0 Å². The van der Waals surface area contributed by atoms with Crippen LogP contribution in [-0.2, 0) is 6.54 Å². The molecule has 2 fully saturated rings. The molecule has 4 rings (SSSR count). The molecule has 1 saturated carbocycles. The van der Waals surface area contributed by atoms with Crippen molar-refractivity contribution in [3.8, 4) is 0 Å². The van der Waals surface area contributed by atoms with Crippen molar-refractivity contribution in [3.63, 3.8) is 0 Å². The van der Waals surface area contributed by atoms with E-state index in [0.717, 1.165) is 38.0 Å². The van der Waals surface area contributed by atoms with Gasteiger partial charge in [-0.3, -0.25) is 4.79 Å². The molecule has 1 amide bonds. The highest BCUT2D eigenvalue weighted by Gasteiger charge is 2.28. The van der Waals surface area contributed by atoms with Crippen molar-refractivity contribution in [2.75, 3.05) is 13.1 Å². The molecule has 2 aromatic rings. The third-order valence-electron chi connectivity index (χ3n) is 5.67. The summed E-state index contributed by atoms with van der Waals surface area (Å²) in [6, 6.07) is 1.93. The Morgan fingerprint density at radius 2 is 2.08 bits per heavy atom. The lowest BCUT2D eigenvalue weighted by Crippen LogP contribution is -2.39. The number of hydrogen-bond donors (Lipinski definition) is 0. The van der Waals surface area contributed by atoms with Gasteiger partial charge >= 0.3 is 0 Å². The van der Waals surface area contributed by atoms with Gasteiger partial charge in [0.25, 0.3) is 5.91 Å². The van der Waals surface area contributed by atoms with Crippen LogP contribution in [0.4, 0.5) is 0 Å². The first-order valence-electron chi connectivity index (χ1n) is 9.06. The second-order valence-corrected chi connectivity index (χ2v) is 8.02. The Kier molecular flexibility index (Phi) is 4.44. The number of nitrogens with zero attached hydrogens (tertiary/aromatic N) is 3. The molecule has 0 bridgehead atoms. The highest BCUT2D eigenvalue weighted by atomic mass is 32.1. The highest BCUT2D eigenvalue weighted by Crippen LogP contribution is 2.36. The molecule has 0 N–H and O–H groups in total. The van der Waals surface area contributed by atoms with E-state index in [1.54, 1.807) is 11.3 Å². The molecule has 0 unspecified atom stereocenters. The third kappa shape index (κ3) is 3.02. The minimum Gasteiger partial charge on any atom is -0.339 e. The Morgan fingerprint density at radius 1 is 1.29 bits per heavy atom. The van der Waals surface area contributed by atoms with Crippen molar-refractivity contribution < 1.29 is 4.79 Å². The molecule has 1 aliphatic heterocycles. The molecule has 0 aromatic carbocycles. The van der Waals surface area contributed by atoms with Crippen LogP contribution in [0.3, 0.4) is 0 Å². The van der Waals surface area contributed by atoms with E-state index in [-0.39, 0.29) is 5.91 Å². The fourth-order valence-corrected chi connectivity index (χ4v) is 4.48. The molecule has 0 radical (unpaired) electrons. The van der Waals surface area contributed by atoms with Crippen LogP contribution in [0.5, 0.6) is 0 Å². The first-order chi connectivity index (χ1) is 11.7. The summed E-state index contributed by atoms with van der Waals surface area (Å²) < 4.78 is 2.45. The summed E-state index contributed by atoms with van der Waals surface area (Å²) in [5.41, 5.74) is 2.13. The standard InChI is InChI=1S/C19H25N3OS/c1-14-11-20-18(16-3-2-4-16)22(14)12-15-5-8-21(9-6-15)19(23)17-7-10-24-13-17/h7,10-11,13,15-16H,2-6,8-9,12H2,1H3. The van der Waals surface area contributed by atoms with E-state index in [4.69, 9.17) is 0 Å². The first-order valence-corrected chi connectivity index (χ1v) is 10.00. The summed E-state index contributed by atoms with van der Waals surface area (Å²) in [6.07, 6.45) is 8.16. The first kappa shape index (κ1) is 15.9. The average molecular weight is 343 g/mol. The summed E-state index contributed by atoms with van der Waals surface area (Å²) in [5, 5.41) is 3.93. The van der Waals surface area contributed by atoms with Crippen molar-refractivity contribution in [1.82, 2.24) is 14.5 Å². The normalized spacial score (nSPS) is 19.5. The van der Waals surface area contributed by atoms with E-state index in [9.17, 15) is 4.79 Å². The Morgan fingerprint density at radius 3 is 2.71 bits per heavy atom. The Balaban J connectivity index is 1.37. The minimum atomic E-state index is 0.198. The van der Waals surface area contributed by atoms with Gasteiger partial charge in [-0.05, 0) is 50.0 Å². The molecular weight excluding hydrogens is 318 g/mol. The van der Waals surface area contributed by atoms with Gasteiger partial charge in [0.1, 0.15) is 5.82 Å². The van der Waals surface area contributed by atoms with Gasteiger partial charge in [-0.25, -0.2) is 4.98 Å². The van der Waals surface area contributed by atoms with Crippen LogP contribution in [-0.4, -0.2) is 33.4 Å². The smallest absolute Gasteiger partial charge is 0.254 e. The van der Waals surface area contributed by atoms with Crippen LogP contribution in [0, 0.1) is 12.8 Å². The predicted octanol–water partition coefficient (Wildman–Crippen LogP) is 4.07. The molecule has 128 valence electrons. The van der Waals surface area contributed by atoms with E-state index in [0.29, 0.717) is 11.8 Å². The van der Waals surface area contributed by atoms with Crippen molar-refractivity contribution in [2.24, 2.45) is 5.92 Å². The summed E-state index contributed by atoms with van der Waals surface area (Å²) in [4.78, 5) is 19.1. The quantitative estimate of drug-likeness (QED) is 0.839. The zero-order valence-electron chi connectivity index (χ0n) is 14.3. The maximum atomic E-state index is 12.4. The van der Waals surface area contributed by atoms with Crippen LogP contribution in [0.25, 0.3) is 0 Å².